The number of aryl methyl sites for hydroxylation is 2. The maximum absolute atomic E-state index is 5.62. The standard InChI is InChI=1S/C19H22N2S/c1-14-8-9-15(2)18(12-14)20-19(22)21-11-10-17(13-21)16-6-4-3-5-7-16/h3-9,12,17H,10-11,13H2,1-2H3,(H,20,22). The van der Waals surface area contributed by atoms with Crippen LogP contribution < -0.4 is 5.32 Å². The number of nitrogens with zero attached hydrogens (tertiary/aromatic N) is 1. The number of nitrogens with one attached hydrogen (secondary N) is 1. The molecule has 2 nitrogen and oxygen atoms in total. The van der Waals surface area contributed by atoms with Gasteiger partial charge in [-0.25, -0.2) is 0 Å². The second kappa shape index (κ2) is 6.49. The topological polar surface area (TPSA) is 15.3 Å². The van der Waals surface area contributed by atoms with E-state index in [2.05, 4.69) is 72.6 Å². The third kappa shape index (κ3) is 3.30. The van der Waals surface area contributed by atoms with Crippen molar-refractivity contribution in [2.75, 3.05) is 18.4 Å². The maximum atomic E-state index is 5.62. The summed E-state index contributed by atoms with van der Waals surface area (Å²) >= 11 is 5.62. The SMILES string of the molecule is Cc1ccc(C)c(NC(=S)N2CCC(c3ccccc3)C2)c1. The molecule has 1 fully saturated rings. The quantitative estimate of drug-likeness (QED) is 0.823. The van der Waals surface area contributed by atoms with Crippen molar-refractivity contribution in [3.05, 3.63) is 65.2 Å². The van der Waals surface area contributed by atoms with Crippen molar-refractivity contribution in [3.8, 4) is 0 Å². The van der Waals surface area contributed by atoms with Crippen LogP contribution in [0.3, 0.4) is 0 Å². The predicted molar refractivity (Wildman–Crippen MR) is 97.5 cm³/mol. The van der Waals surface area contributed by atoms with Crippen molar-refractivity contribution in [3.63, 3.8) is 0 Å². The van der Waals surface area contributed by atoms with Crippen LogP contribution in [0, 0.1) is 13.8 Å². The summed E-state index contributed by atoms with van der Waals surface area (Å²) in [7, 11) is 0. The lowest BCUT2D eigenvalue weighted by molar-refractivity contribution is 0.518. The second-order valence-electron chi connectivity index (χ2n) is 6.09. The van der Waals surface area contributed by atoms with Gasteiger partial charge in [0.2, 0.25) is 0 Å². The number of likely N-dealkylation sites (tertiary alicyclic amines) is 1. The molecule has 0 aliphatic carbocycles. The van der Waals surface area contributed by atoms with Gasteiger partial charge in [-0.2, -0.15) is 0 Å². The molecule has 1 saturated heterocycles. The Bertz CT molecular complexity index is 666. The van der Waals surface area contributed by atoms with E-state index in [0.717, 1.165) is 23.9 Å². The Labute approximate surface area is 138 Å². The first-order valence-electron chi connectivity index (χ1n) is 7.81. The number of rotatable bonds is 2. The molecule has 0 saturated carbocycles. The number of hydrogen-bond donors (Lipinski definition) is 1. The van der Waals surface area contributed by atoms with Gasteiger partial charge in [-0.3, -0.25) is 0 Å². The minimum Gasteiger partial charge on any atom is -0.348 e. The number of anilines is 1. The van der Waals surface area contributed by atoms with Crippen LogP contribution in [0.5, 0.6) is 0 Å². The van der Waals surface area contributed by atoms with Gasteiger partial charge in [-0.1, -0.05) is 42.5 Å². The maximum Gasteiger partial charge on any atom is 0.173 e. The summed E-state index contributed by atoms with van der Waals surface area (Å²) in [5, 5.41) is 4.26. The van der Waals surface area contributed by atoms with Crippen LogP contribution in [0.15, 0.2) is 48.5 Å². The summed E-state index contributed by atoms with van der Waals surface area (Å²) in [5.41, 5.74) is 5.01. The smallest absolute Gasteiger partial charge is 0.173 e. The second-order valence-corrected chi connectivity index (χ2v) is 6.48. The molecule has 114 valence electrons. The molecule has 22 heavy (non-hydrogen) atoms. The van der Waals surface area contributed by atoms with E-state index in [1.807, 2.05) is 0 Å². The molecule has 2 aromatic rings. The van der Waals surface area contributed by atoms with Crippen molar-refractivity contribution in [1.82, 2.24) is 4.90 Å². The summed E-state index contributed by atoms with van der Waals surface area (Å²) in [4.78, 5) is 2.29. The molecule has 1 aliphatic heterocycles. The normalized spacial score (nSPS) is 17.5. The van der Waals surface area contributed by atoms with Crippen LogP contribution in [-0.4, -0.2) is 23.1 Å². The molecule has 1 heterocycles. The molecule has 0 aromatic heterocycles. The number of benzene rings is 2. The average Bonchev–Trinajstić information content (AvgIpc) is 3.02. The molecule has 1 N–H and O–H groups in total. The first-order valence-corrected chi connectivity index (χ1v) is 8.22. The Morgan fingerprint density at radius 3 is 2.68 bits per heavy atom. The van der Waals surface area contributed by atoms with Crippen LogP contribution in [-0.2, 0) is 0 Å². The zero-order valence-electron chi connectivity index (χ0n) is 13.2. The van der Waals surface area contributed by atoms with E-state index < -0.39 is 0 Å². The van der Waals surface area contributed by atoms with Gasteiger partial charge in [0.05, 0.1) is 0 Å². The third-order valence-electron chi connectivity index (χ3n) is 4.38. The fourth-order valence-corrected chi connectivity index (χ4v) is 3.28. The van der Waals surface area contributed by atoms with Gasteiger partial charge < -0.3 is 10.2 Å². The van der Waals surface area contributed by atoms with Crippen molar-refractivity contribution >= 4 is 23.0 Å². The summed E-state index contributed by atoms with van der Waals surface area (Å²) in [6, 6.07) is 17.2. The molecule has 0 bridgehead atoms. The van der Waals surface area contributed by atoms with Crippen LogP contribution >= 0.6 is 12.2 Å². The summed E-state index contributed by atoms with van der Waals surface area (Å²) in [5.74, 6) is 0.583. The molecule has 0 spiro atoms. The highest BCUT2D eigenvalue weighted by Crippen LogP contribution is 2.27. The van der Waals surface area contributed by atoms with Crippen LogP contribution in [0.4, 0.5) is 5.69 Å². The lowest BCUT2D eigenvalue weighted by atomic mass is 9.99. The van der Waals surface area contributed by atoms with Gasteiger partial charge in [0, 0.05) is 24.7 Å². The van der Waals surface area contributed by atoms with E-state index in [0.29, 0.717) is 5.92 Å². The highest BCUT2D eigenvalue weighted by atomic mass is 32.1. The molecular weight excluding hydrogens is 288 g/mol. The van der Waals surface area contributed by atoms with Gasteiger partial charge in [-0.05, 0) is 55.2 Å². The van der Waals surface area contributed by atoms with Crippen LogP contribution in [0.2, 0.25) is 0 Å². The highest BCUT2D eigenvalue weighted by Gasteiger charge is 2.25. The van der Waals surface area contributed by atoms with Crippen LogP contribution in [0.1, 0.15) is 29.0 Å². The van der Waals surface area contributed by atoms with Crippen molar-refractivity contribution in [2.45, 2.75) is 26.2 Å². The summed E-state index contributed by atoms with van der Waals surface area (Å²) < 4.78 is 0. The Kier molecular flexibility index (Phi) is 4.44. The van der Waals surface area contributed by atoms with Gasteiger partial charge >= 0.3 is 0 Å². The average molecular weight is 310 g/mol. The fraction of sp³-hybridized carbons (Fsp3) is 0.316. The monoisotopic (exact) mass is 310 g/mol. The molecule has 1 unspecified atom stereocenters. The van der Waals surface area contributed by atoms with E-state index in [4.69, 9.17) is 12.2 Å². The Balaban J connectivity index is 1.66. The highest BCUT2D eigenvalue weighted by molar-refractivity contribution is 7.80. The minimum atomic E-state index is 0.583. The van der Waals surface area contributed by atoms with Gasteiger partial charge in [0.1, 0.15) is 0 Å². The summed E-state index contributed by atoms with van der Waals surface area (Å²) in [6.45, 7) is 6.24. The molecule has 1 atom stereocenters. The van der Waals surface area contributed by atoms with E-state index in [-0.39, 0.29) is 0 Å². The largest absolute Gasteiger partial charge is 0.348 e. The van der Waals surface area contributed by atoms with Crippen molar-refractivity contribution in [2.24, 2.45) is 0 Å². The summed E-state index contributed by atoms with van der Waals surface area (Å²) in [6.07, 6.45) is 1.17. The lowest BCUT2D eigenvalue weighted by Crippen LogP contribution is -2.32. The first kappa shape index (κ1) is 15.0. The Hall–Kier alpha value is -1.87. The van der Waals surface area contributed by atoms with Crippen LogP contribution in [0.25, 0.3) is 0 Å². The fourth-order valence-electron chi connectivity index (χ4n) is 3.01. The predicted octanol–water partition coefficient (Wildman–Crippen LogP) is 4.49. The minimum absolute atomic E-state index is 0.583. The zero-order valence-corrected chi connectivity index (χ0v) is 14.0. The third-order valence-corrected chi connectivity index (χ3v) is 4.74. The van der Waals surface area contributed by atoms with E-state index >= 15 is 0 Å². The lowest BCUT2D eigenvalue weighted by Gasteiger charge is -2.21. The van der Waals surface area contributed by atoms with E-state index in [1.165, 1.54) is 23.1 Å². The molecule has 3 rings (SSSR count). The molecule has 0 amide bonds. The Morgan fingerprint density at radius 1 is 1.14 bits per heavy atom. The molecular formula is C19H22N2S. The molecule has 3 heteroatoms. The Morgan fingerprint density at radius 2 is 1.91 bits per heavy atom. The van der Waals surface area contributed by atoms with E-state index in [1.54, 1.807) is 0 Å². The molecule has 0 radical (unpaired) electrons. The molecule has 1 aliphatic rings. The van der Waals surface area contributed by atoms with Gasteiger partial charge in [0.25, 0.3) is 0 Å². The zero-order chi connectivity index (χ0) is 15.5. The number of thiocarbonyl (C=S) groups is 1. The number of hydrogen-bond acceptors (Lipinski definition) is 1. The van der Waals surface area contributed by atoms with Crippen molar-refractivity contribution in [1.29, 1.82) is 0 Å². The molecule has 2 aromatic carbocycles. The van der Waals surface area contributed by atoms with E-state index in [9.17, 15) is 0 Å². The van der Waals surface area contributed by atoms with Gasteiger partial charge in [-0.15, -0.1) is 0 Å². The van der Waals surface area contributed by atoms with Gasteiger partial charge in [0.15, 0.2) is 5.11 Å². The van der Waals surface area contributed by atoms with Crippen molar-refractivity contribution < 1.29 is 0 Å². The first-order chi connectivity index (χ1) is 10.6.